The molecule has 27 heavy (non-hydrogen) atoms. The van der Waals surface area contributed by atoms with Crippen molar-refractivity contribution in [3.8, 4) is 0 Å². The van der Waals surface area contributed by atoms with Gasteiger partial charge in [0.05, 0.1) is 18.4 Å². The first-order chi connectivity index (χ1) is 13.2. The van der Waals surface area contributed by atoms with Crippen molar-refractivity contribution in [1.29, 1.82) is 0 Å². The molecular weight excluding hydrogens is 360 g/mol. The molecule has 0 radical (unpaired) electrons. The molecule has 2 aromatic heterocycles. The zero-order chi connectivity index (χ0) is 18.4. The molecule has 3 heterocycles. The Balaban J connectivity index is 1.41. The summed E-state index contributed by atoms with van der Waals surface area (Å²) in [4.78, 5) is 23.6. The van der Waals surface area contributed by atoms with Crippen LogP contribution >= 0.6 is 11.6 Å². The van der Waals surface area contributed by atoms with Gasteiger partial charge in [0, 0.05) is 41.6 Å². The Kier molecular flexibility index (Phi) is 3.97. The molecule has 0 atom stereocenters. The highest BCUT2D eigenvalue weighted by Gasteiger charge is 2.28. The summed E-state index contributed by atoms with van der Waals surface area (Å²) in [6, 6.07) is 7.54. The van der Waals surface area contributed by atoms with E-state index in [0.717, 1.165) is 41.2 Å². The monoisotopic (exact) mass is 378 g/mol. The first kappa shape index (κ1) is 16.5. The van der Waals surface area contributed by atoms with E-state index in [4.69, 9.17) is 11.6 Å². The molecule has 0 N–H and O–H groups in total. The third kappa shape index (κ3) is 3.12. The molecule has 1 amide bonds. The molecule has 0 spiro atoms. The van der Waals surface area contributed by atoms with Crippen LogP contribution in [0, 0.1) is 0 Å². The maximum absolute atomic E-state index is 12.9. The van der Waals surface area contributed by atoms with Crippen LogP contribution in [-0.4, -0.2) is 27.0 Å². The van der Waals surface area contributed by atoms with Crippen molar-refractivity contribution in [1.82, 2.24) is 14.5 Å². The van der Waals surface area contributed by atoms with E-state index < -0.39 is 0 Å². The minimum atomic E-state index is 0.00756. The van der Waals surface area contributed by atoms with E-state index >= 15 is 0 Å². The molecule has 1 aliphatic heterocycles. The largest absolute Gasteiger partial charge is 0.330 e. The first-order valence-electron chi connectivity index (χ1n) is 9.24. The molecule has 0 saturated heterocycles. The highest BCUT2D eigenvalue weighted by Crippen LogP contribution is 2.39. The van der Waals surface area contributed by atoms with Crippen molar-refractivity contribution in [2.75, 3.05) is 11.4 Å². The SMILES string of the molecule is O=C1c2ccc(Cl)cc2CCN1c1cncc(Cn2ccnc2C2CC2)c1. The maximum atomic E-state index is 12.9. The Morgan fingerprint density at radius 1 is 1.19 bits per heavy atom. The number of hydrogen-bond acceptors (Lipinski definition) is 3. The number of benzene rings is 1. The number of imidazole rings is 1. The summed E-state index contributed by atoms with van der Waals surface area (Å²) in [6.07, 6.45) is 10.7. The normalized spacial score (nSPS) is 16.5. The van der Waals surface area contributed by atoms with Crippen LogP contribution in [0.3, 0.4) is 0 Å². The smallest absolute Gasteiger partial charge is 0.258 e. The molecule has 5 nitrogen and oxygen atoms in total. The highest BCUT2D eigenvalue weighted by molar-refractivity contribution is 6.30. The van der Waals surface area contributed by atoms with Crippen LogP contribution in [0.2, 0.25) is 5.02 Å². The third-order valence-corrected chi connectivity index (χ3v) is 5.52. The van der Waals surface area contributed by atoms with E-state index in [1.165, 1.54) is 12.8 Å². The Hall–Kier alpha value is -2.66. The van der Waals surface area contributed by atoms with Gasteiger partial charge in [0.25, 0.3) is 5.91 Å². The molecule has 5 rings (SSSR count). The lowest BCUT2D eigenvalue weighted by Gasteiger charge is -2.28. The zero-order valence-corrected chi connectivity index (χ0v) is 15.6. The number of carbonyl (C=O) groups excluding carboxylic acids is 1. The van der Waals surface area contributed by atoms with Gasteiger partial charge in [-0.25, -0.2) is 4.98 Å². The van der Waals surface area contributed by atoms with E-state index in [2.05, 4.69) is 20.6 Å². The van der Waals surface area contributed by atoms with Crippen molar-refractivity contribution >= 4 is 23.2 Å². The number of amides is 1. The Labute approximate surface area is 162 Å². The second-order valence-electron chi connectivity index (χ2n) is 7.25. The number of aromatic nitrogens is 3. The van der Waals surface area contributed by atoms with Crippen molar-refractivity contribution in [3.63, 3.8) is 0 Å². The summed E-state index contributed by atoms with van der Waals surface area (Å²) in [7, 11) is 0. The van der Waals surface area contributed by atoms with E-state index in [0.29, 0.717) is 17.5 Å². The van der Waals surface area contributed by atoms with Crippen LogP contribution in [0.25, 0.3) is 0 Å². The lowest BCUT2D eigenvalue weighted by atomic mass is 9.98. The van der Waals surface area contributed by atoms with Crippen LogP contribution in [0.15, 0.2) is 49.1 Å². The van der Waals surface area contributed by atoms with E-state index in [1.807, 2.05) is 35.6 Å². The van der Waals surface area contributed by atoms with Gasteiger partial charge in [-0.3, -0.25) is 9.78 Å². The predicted octanol–water partition coefficient (Wildman–Crippen LogP) is 4.06. The van der Waals surface area contributed by atoms with Gasteiger partial charge in [-0.15, -0.1) is 0 Å². The Bertz CT molecular complexity index is 1020. The van der Waals surface area contributed by atoms with Gasteiger partial charge in [0.15, 0.2) is 0 Å². The highest BCUT2D eigenvalue weighted by atomic mass is 35.5. The molecule has 6 heteroatoms. The van der Waals surface area contributed by atoms with Crippen molar-refractivity contribution in [3.05, 3.63) is 76.6 Å². The number of hydrogen-bond donors (Lipinski definition) is 0. The van der Waals surface area contributed by atoms with Gasteiger partial charge in [-0.2, -0.15) is 0 Å². The fourth-order valence-corrected chi connectivity index (χ4v) is 3.96. The van der Waals surface area contributed by atoms with E-state index in [9.17, 15) is 4.79 Å². The molecule has 1 saturated carbocycles. The molecule has 1 fully saturated rings. The van der Waals surface area contributed by atoms with Gasteiger partial charge < -0.3 is 9.47 Å². The molecule has 0 bridgehead atoms. The van der Waals surface area contributed by atoms with E-state index in [-0.39, 0.29) is 5.91 Å². The summed E-state index contributed by atoms with van der Waals surface area (Å²) in [5.41, 5.74) is 3.65. The number of pyridine rings is 1. The first-order valence-corrected chi connectivity index (χ1v) is 9.62. The standard InChI is InChI=1S/C21H19ClN4O/c22-17-3-4-19-16(10-17)5-7-26(21(19)27)18-9-14(11-23-12-18)13-25-8-6-24-20(25)15-1-2-15/h3-4,6,8-12,15H,1-2,5,7,13H2. The average Bonchev–Trinajstić information content (AvgIpc) is 3.41. The third-order valence-electron chi connectivity index (χ3n) is 5.28. The second-order valence-corrected chi connectivity index (χ2v) is 7.68. The topological polar surface area (TPSA) is 51.0 Å². The summed E-state index contributed by atoms with van der Waals surface area (Å²) in [5.74, 6) is 1.76. The molecular formula is C21H19ClN4O. The number of halogens is 1. The number of nitrogens with zero attached hydrogens (tertiary/aromatic N) is 4. The van der Waals surface area contributed by atoms with Gasteiger partial charge >= 0.3 is 0 Å². The summed E-state index contributed by atoms with van der Waals surface area (Å²) >= 11 is 6.06. The Morgan fingerprint density at radius 2 is 2.07 bits per heavy atom. The number of fused-ring (bicyclic) bond motifs is 1. The zero-order valence-electron chi connectivity index (χ0n) is 14.8. The lowest BCUT2D eigenvalue weighted by molar-refractivity contribution is 0.0980. The lowest BCUT2D eigenvalue weighted by Crippen LogP contribution is -2.37. The number of rotatable bonds is 4. The van der Waals surface area contributed by atoms with Gasteiger partial charge in [-0.05, 0) is 54.7 Å². The quantitative estimate of drug-likeness (QED) is 0.687. The second kappa shape index (κ2) is 6.50. The van der Waals surface area contributed by atoms with Crippen LogP contribution < -0.4 is 4.90 Å². The minimum Gasteiger partial charge on any atom is -0.330 e. The van der Waals surface area contributed by atoms with Gasteiger partial charge in [0.1, 0.15) is 5.82 Å². The van der Waals surface area contributed by atoms with Crippen LogP contribution in [0.1, 0.15) is 46.1 Å². The summed E-state index contributed by atoms with van der Waals surface area (Å²) in [5, 5.41) is 0.672. The van der Waals surface area contributed by atoms with E-state index in [1.54, 1.807) is 12.3 Å². The summed E-state index contributed by atoms with van der Waals surface area (Å²) < 4.78 is 2.19. The molecule has 3 aromatic rings. The van der Waals surface area contributed by atoms with Crippen molar-refractivity contribution < 1.29 is 4.79 Å². The Morgan fingerprint density at radius 3 is 2.93 bits per heavy atom. The maximum Gasteiger partial charge on any atom is 0.258 e. The number of anilines is 1. The van der Waals surface area contributed by atoms with Crippen LogP contribution in [-0.2, 0) is 13.0 Å². The summed E-state index contributed by atoms with van der Waals surface area (Å²) in [6.45, 7) is 1.36. The van der Waals surface area contributed by atoms with Gasteiger partial charge in [-0.1, -0.05) is 11.6 Å². The number of carbonyl (C=O) groups is 1. The fraction of sp³-hybridized carbons (Fsp3) is 0.286. The average molecular weight is 379 g/mol. The van der Waals surface area contributed by atoms with Gasteiger partial charge in [0.2, 0.25) is 0 Å². The minimum absolute atomic E-state index is 0.00756. The molecule has 1 aliphatic carbocycles. The van der Waals surface area contributed by atoms with Crippen LogP contribution in [0.5, 0.6) is 0 Å². The van der Waals surface area contributed by atoms with Crippen molar-refractivity contribution in [2.24, 2.45) is 0 Å². The molecule has 136 valence electrons. The molecule has 0 unspecified atom stereocenters. The van der Waals surface area contributed by atoms with Crippen LogP contribution in [0.4, 0.5) is 5.69 Å². The van der Waals surface area contributed by atoms with Crippen molar-refractivity contribution in [2.45, 2.75) is 31.7 Å². The fourth-order valence-electron chi connectivity index (χ4n) is 3.76. The molecule has 1 aromatic carbocycles. The predicted molar refractivity (Wildman–Crippen MR) is 104 cm³/mol. The molecule has 2 aliphatic rings.